The molecule has 0 N–H and O–H groups in total. The third-order valence-electron chi connectivity index (χ3n) is 4.02. The van der Waals surface area contributed by atoms with Crippen LogP contribution in [-0.2, 0) is 4.43 Å². The van der Waals surface area contributed by atoms with E-state index in [1.54, 1.807) is 5.20 Å². The first-order valence-electron chi connectivity index (χ1n) is 7.34. The Morgan fingerprint density at radius 1 is 1.05 bits per heavy atom. The second-order valence-electron chi connectivity index (χ2n) is 6.62. The van der Waals surface area contributed by atoms with Crippen molar-refractivity contribution < 1.29 is 4.43 Å². The molecule has 2 aliphatic rings. The van der Waals surface area contributed by atoms with E-state index in [0.717, 1.165) is 12.8 Å². The molecule has 0 aliphatic heterocycles. The molecule has 0 aromatic rings. The van der Waals surface area contributed by atoms with Crippen LogP contribution in [0, 0.1) is 0 Å². The average Bonchev–Trinajstić information content (AvgIpc) is 2.96. The van der Waals surface area contributed by atoms with Crippen molar-refractivity contribution in [3.05, 3.63) is 46.5 Å². The molecule has 0 fully saturated rings. The molecule has 2 rings (SSSR count). The van der Waals surface area contributed by atoms with Crippen LogP contribution >= 0.6 is 0 Å². The molecule has 0 aromatic heterocycles. The van der Waals surface area contributed by atoms with E-state index in [-0.39, 0.29) is 0 Å². The van der Waals surface area contributed by atoms with Gasteiger partial charge in [0, 0.05) is 0 Å². The molecular weight excluding hydrogens is 264 g/mol. The highest BCUT2D eigenvalue weighted by Crippen LogP contribution is 2.39. The third-order valence-corrected chi connectivity index (χ3v) is 9.55. The second-order valence-corrected chi connectivity index (χ2v) is 15.5. The lowest BCUT2D eigenvalue weighted by atomic mass is 10.5. The minimum atomic E-state index is -1.56. The van der Waals surface area contributed by atoms with E-state index in [1.807, 2.05) is 0 Å². The molecule has 0 aromatic carbocycles. The van der Waals surface area contributed by atoms with Crippen molar-refractivity contribution in [2.45, 2.75) is 52.0 Å². The molecule has 0 saturated carbocycles. The van der Waals surface area contributed by atoms with Gasteiger partial charge in [-0.05, 0) is 43.8 Å². The fourth-order valence-electron chi connectivity index (χ4n) is 2.84. The van der Waals surface area contributed by atoms with Gasteiger partial charge >= 0.3 is 0 Å². The normalized spacial score (nSPS) is 21.8. The Hall–Kier alpha value is -0.806. The van der Waals surface area contributed by atoms with E-state index in [4.69, 9.17) is 4.43 Å². The van der Waals surface area contributed by atoms with Gasteiger partial charge in [-0.1, -0.05) is 49.0 Å². The monoisotopic (exact) mass is 290 g/mol. The van der Waals surface area contributed by atoms with E-state index in [0.29, 0.717) is 0 Å². The highest BCUT2D eigenvalue weighted by atomic mass is 28.4. The van der Waals surface area contributed by atoms with Crippen molar-refractivity contribution >= 4 is 16.4 Å². The van der Waals surface area contributed by atoms with Crippen LogP contribution in [0.2, 0.25) is 32.2 Å². The molecule has 19 heavy (non-hydrogen) atoms. The highest BCUT2D eigenvalue weighted by molar-refractivity contribution is 6.93. The van der Waals surface area contributed by atoms with Crippen LogP contribution in [0.25, 0.3) is 0 Å². The molecule has 0 heterocycles. The Morgan fingerprint density at radius 3 is 2.32 bits per heavy atom. The number of hydrogen-bond acceptors (Lipinski definition) is 1. The maximum atomic E-state index is 6.33. The van der Waals surface area contributed by atoms with E-state index in [1.165, 1.54) is 17.0 Å². The molecule has 2 aliphatic carbocycles. The van der Waals surface area contributed by atoms with Crippen LogP contribution in [0.3, 0.4) is 0 Å². The fourth-order valence-corrected chi connectivity index (χ4v) is 7.21. The minimum Gasteiger partial charge on any atom is -0.545 e. The van der Waals surface area contributed by atoms with E-state index in [2.05, 4.69) is 63.5 Å². The lowest BCUT2D eigenvalue weighted by Gasteiger charge is -2.32. The highest BCUT2D eigenvalue weighted by Gasteiger charge is 2.38. The van der Waals surface area contributed by atoms with Gasteiger partial charge in [0.2, 0.25) is 8.32 Å². The van der Waals surface area contributed by atoms with Gasteiger partial charge < -0.3 is 4.43 Å². The summed E-state index contributed by atoms with van der Waals surface area (Å²) in [5.41, 5.74) is 0. The Balaban J connectivity index is 2.29. The number of rotatable bonds is 5. The van der Waals surface area contributed by atoms with Crippen LogP contribution in [0.15, 0.2) is 46.5 Å². The van der Waals surface area contributed by atoms with Crippen LogP contribution in [0.1, 0.15) is 19.8 Å². The fraction of sp³-hybridized carbons (Fsp3) is 0.500. The molecule has 104 valence electrons. The van der Waals surface area contributed by atoms with Crippen LogP contribution in [0.5, 0.6) is 0 Å². The van der Waals surface area contributed by atoms with E-state index < -0.39 is 16.4 Å². The lowest BCUT2D eigenvalue weighted by Crippen LogP contribution is -2.37. The summed E-state index contributed by atoms with van der Waals surface area (Å²) < 4.78 is 6.33. The molecule has 0 spiro atoms. The summed E-state index contributed by atoms with van der Waals surface area (Å²) in [7, 11) is -3.08. The van der Waals surface area contributed by atoms with Crippen LogP contribution < -0.4 is 0 Å². The van der Waals surface area contributed by atoms with Crippen molar-refractivity contribution in [3.63, 3.8) is 0 Å². The van der Waals surface area contributed by atoms with E-state index in [9.17, 15) is 0 Å². The Bertz CT molecular complexity index is 477. The molecule has 1 unspecified atom stereocenters. The largest absolute Gasteiger partial charge is 0.545 e. The Labute approximate surface area is 119 Å². The zero-order valence-corrected chi connectivity index (χ0v) is 14.9. The van der Waals surface area contributed by atoms with Crippen LogP contribution in [0.4, 0.5) is 0 Å². The van der Waals surface area contributed by atoms with Crippen molar-refractivity contribution in [2.24, 2.45) is 0 Å². The SMILES string of the molecule is CC[Si](C)(C1=CCC=C1)C1=CCC=C1O[Si](C)(C)C. The van der Waals surface area contributed by atoms with Gasteiger partial charge in [0.15, 0.2) is 0 Å². The lowest BCUT2D eigenvalue weighted by molar-refractivity contribution is 0.438. The molecule has 0 radical (unpaired) electrons. The van der Waals surface area contributed by atoms with Crippen molar-refractivity contribution in [1.82, 2.24) is 0 Å². The van der Waals surface area contributed by atoms with E-state index >= 15 is 0 Å². The molecule has 1 nitrogen and oxygen atoms in total. The topological polar surface area (TPSA) is 9.23 Å². The maximum Gasteiger partial charge on any atom is 0.242 e. The van der Waals surface area contributed by atoms with Crippen molar-refractivity contribution in [3.8, 4) is 0 Å². The summed E-state index contributed by atoms with van der Waals surface area (Å²) in [4.78, 5) is 0. The molecule has 0 amide bonds. The summed E-state index contributed by atoms with van der Waals surface area (Å²) in [5, 5.41) is 3.13. The number of hydrogen-bond donors (Lipinski definition) is 0. The first-order valence-corrected chi connectivity index (χ1v) is 13.5. The number of allylic oxidation sites excluding steroid dienone is 7. The quantitative estimate of drug-likeness (QED) is 0.639. The predicted molar refractivity (Wildman–Crippen MR) is 89.2 cm³/mol. The minimum absolute atomic E-state index is 1.05. The van der Waals surface area contributed by atoms with Gasteiger partial charge in [0.25, 0.3) is 0 Å². The molecule has 3 heteroatoms. The zero-order valence-electron chi connectivity index (χ0n) is 12.9. The van der Waals surface area contributed by atoms with Gasteiger partial charge in [-0.25, -0.2) is 0 Å². The van der Waals surface area contributed by atoms with Gasteiger partial charge in [0.05, 0.1) is 5.76 Å². The maximum absolute atomic E-state index is 6.33. The van der Waals surface area contributed by atoms with Gasteiger partial charge in [0.1, 0.15) is 8.07 Å². The smallest absolute Gasteiger partial charge is 0.242 e. The van der Waals surface area contributed by atoms with Crippen molar-refractivity contribution in [1.29, 1.82) is 0 Å². The van der Waals surface area contributed by atoms with Gasteiger partial charge in [-0.15, -0.1) is 0 Å². The summed E-state index contributed by atoms with van der Waals surface area (Å²) in [5.74, 6) is 1.20. The van der Waals surface area contributed by atoms with Gasteiger partial charge in [-0.3, -0.25) is 0 Å². The summed E-state index contributed by atoms with van der Waals surface area (Å²) in [6.07, 6.45) is 13.9. The summed E-state index contributed by atoms with van der Waals surface area (Å²) in [6.45, 7) is 11.6. The average molecular weight is 291 g/mol. The second kappa shape index (κ2) is 5.29. The molecule has 1 atom stereocenters. The zero-order chi connectivity index (χ0) is 14.1. The first-order chi connectivity index (χ1) is 8.87. The van der Waals surface area contributed by atoms with Crippen molar-refractivity contribution in [2.75, 3.05) is 0 Å². The third kappa shape index (κ3) is 3.03. The molecule has 0 bridgehead atoms. The Morgan fingerprint density at radius 2 is 1.79 bits per heavy atom. The Kier molecular flexibility index (Phi) is 4.07. The standard InChI is InChI=1S/C16H26OSi2/c1-6-19(5,14-10-7-8-11-14)16-13-9-12-15(16)17-18(2,3)4/h7,10-13H,6,8-9H2,1-5H3. The van der Waals surface area contributed by atoms with Gasteiger partial charge in [-0.2, -0.15) is 0 Å². The molecule has 0 saturated heterocycles. The summed E-state index contributed by atoms with van der Waals surface area (Å²) in [6, 6.07) is 1.25. The summed E-state index contributed by atoms with van der Waals surface area (Å²) >= 11 is 0. The first kappa shape index (κ1) is 14.6. The van der Waals surface area contributed by atoms with Crippen LogP contribution in [-0.4, -0.2) is 16.4 Å². The predicted octanol–water partition coefficient (Wildman–Crippen LogP) is 5.12. The molecular formula is C16H26OSi2.